The van der Waals surface area contributed by atoms with Crippen LogP contribution in [0.1, 0.15) is 5.56 Å². The molecule has 0 aliphatic rings. The largest absolute Gasteiger partial charge is 0.379 e. The highest BCUT2D eigenvalue weighted by molar-refractivity contribution is 6.17. The third-order valence-electron chi connectivity index (χ3n) is 1.86. The lowest BCUT2D eigenvalue weighted by molar-refractivity contribution is 0.151. The fraction of sp³-hybridized carbons (Fsp3) is 0.455. The molecule has 84 valence electrons. The smallest absolute Gasteiger partial charge is 0.123 e. The monoisotopic (exact) mass is 231 g/mol. The summed E-state index contributed by atoms with van der Waals surface area (Å²) in [6.45, 7) is 2.60. The first-order valence-corrected chi connectivity index (χ1v) is 5.45. The van der Waals surface area contributed by atoms with Crippen molar-refractivity contribution in [2.24, 2.45) is 0 Å². The van der Waals surface area contributed by atoms with E-state index in [0.29, 0.717) is 25.6 Å². The molecule has 0 spiro atoms. The molecule has 1 N–H and O–H groups in total. The van der Waals surface area contributed by atoms with Crippen molar-refractivity contribution < 1.29 is 9.13 Å². The Kier molecular flexibility index (Phi) is 6.32. The molecule has 0 unspecified atom stereocenters. The number of nitrogens with one attached hydrogen (secondary N) is 1. The lowest BCUT2D eigenvalue weighted by atomic mass is 10.2. The summed E-state index contributed by atoms with van der Waals surface area (Å²) in [5.41, 5.74) is 0.937. The standard InChI is InChI=1S/C11H15ClFNO/c12-4-6-15-7-5-14-9-10-2-1-3-11(13)8-10/h1-3,8,14H,4-7,9H2. The van der Waals surface area contributed by atoms with Gasteiger partial charge in [-0.3, -0.25) is 0 Å². The third-order valence-corrected chi connectivity index (χ3v) is 2.02. The molecule has 0 aromatic heterocycles. The number of alkyl halides is 1. The fourth-order valence-electron chi connectivity index (χ4n) is 1.18. The normalized spacial score (nSPS) is 10.5. The summed E-state index contributed by atoms with van der Waals surface area (Å²) in [6.07, 6.45) is 0. The molecule has 15 heavy (non-hydrogen) atoms. The predicted molar refractivity (Wildman–Crippen MR) is 59.6 cm³/mol. The van der Waals surface area contributed by atoms with Crippen LogP contribution in [0.25, 0.3) is 0 Å². The van der Waals surface area contributed by atoms with Crippen LogP contribution in [0.15, 0.2) is 24.3 Å². The van der Waals surface area contributed by atoms with Gasteiger partial charge in [-0.25, -0.2) is 4.39 Å². The summed E-state index contributed by atoms with van der Waals surface area (Å²) in [6, 6.07) is 6.55. The maximum Gasteiger partial charge on any atom is 0.123 e. The highest BCUT2D eigenvalue weighted by atomic mass is 35.5. The Labute approximate surface area is 94.4 Å². The van der Waals surface area contributed by atoms with Crippen molar-refractivity contribution in [1.29, 1.82) is 0 Å². The zero-order chi connectivity index (χ0) is 10.9. The molecule has 0 bridgehead atoms. The van der Waals surface area contributed by atoms with Crippen molar-refractivity contribution in [3.63, 3.8) is 0 Å². The number of halogens is 2. The van der Waals surface area contributed by atoms with Gasteiger partial charge in [0.25, 0.3) is 0 Å². The molecule has 0 atom stereocenters. The molecule has 0 saturated heterocycles. The lowest BCUT2D eigenvalue weighted by Crippen LogP contribution is -2.19. The second kappa shape index (κ2) is 7.63. The van der Waals surface area contributed by atoms with E-state index in [1.54, 1.807) is 6.07 Å². The first kappa shape index (κ1) is 12.4. The Balaban J connectivity index is 2.10. The number of rotatable bonds is 7. The maximum absolute atomic E-state index is 12.8. The molecule has 0 heterocycles. The van der Waals surface area contributed by atoms with Crippen molar-refractivity contribution in [2.45, 2.75) is 6.54 Å². The van der Waals surface area contributed by atoms with Crippen molar-refractivity contribution in [1.82, 2.24) is 5.32 Å². The van der Waals surface area contributed by atoms with Gasteiger partial charge in [0.2, 0.25) is 0 Å². The summed E-state index contributed by atoms with van der Waals surface area (Å²) in [5, 5.41) is 3.15. The average Bonchev–Trinajstić information content (AvgIpc) is 2.23. The second-order valence-corrected chi connectivity index (χ2v) is 3.49. The molecule has 1 aromatic rings. The summed E-state index contributed by atoms with van der Waals surface area (Å²) in [7, 11) is 0. The van der Waals surface area contributed by atoms with E-state index in [4.69, 9.17) is 16.3 Å². The Morgan fingerprint density at radius 1 is 1.33 bits per heavy atom. The Hall–Kier alpha value is -0.640. The minimum atomic E-state index is -0.201. The van der Waals surface area contributed by atoms with Crippen molar-refractivity contribution in [2.75, 3.05) is 25.6 Å². The Morgan fingerprint density at radius 2 is 2.20 bits per heavy atom. The van der Waals surface area contributed by atoms with E-state index in [1.807, 2.05) is 6.07 Å². The van der Waals surface area contributed by atoms with Crippen LogP contribution in [0.2, 0.25) is 0 Å². The molecule has 1 rings (SSSR count). The first-order chi connectivity index (χ1) is 7.33. The fourth-order valence-corrected chi connectivity index (χ4v) is 1.29. The van der Waals surface area contributed by atoms with Gasteiger partial charge in [-0.1, -0.05) is 12.1 Å². The van der Waals surface area contributed by atoms with Crippen molar-refractivity contribution >= 4 is 11.6 Å². The molecular weight excluding hydrogens is 217 g/mol. The van der Waals surface area contributed by atoms with E-state index >= 15 is 0 Å². The molecule has 1 aromatic carbocycles. The maximum atomic E-state index is 12.8. The highest BCUT2D eigenvalue weighted by Crippen LogP contribution is 2.02. The van der Waals surface area contributed by atoms with Gasteiger partial charge in [-0.05, 0) is 17.7 Å². The van der Waals surface area contributed by atoms with E-state index in [-0.39, 0.29) is 5.82 Å². The molecular formula is C11H15ClFNO. The van der Waals surface area contributed by atoms with E-state index in [9.17, 15) is 4.39 Å². The van der Waals surface area contributed by atoms with Gasteiger partial charge in [0, 0.05) is 19.0 Å². The average molecular weight is 232 g/mol. The number of hydrogen-bond acceptors (Lipinski definition) is 2. The van der Waals surface area contributed by atoms with Crippen LogP contribution < -0.4 is 5.32 Å². The highest BCUT2D eigenvalue weighted by Gasteiger charge is 1.94. The van der Waals surface area contributed by atoms with Crippen LogP contribution in [0.4, 0.5) is 4.39 Å². The van der Waals surface area contributed by atoms with Gasteiger partial charge < -0.3 is 10.1 Å². The van der Waals surface area contributed by atoms with Gasteiger partial charge in [0.15, 0.2) is 0 Å². The van der Waals surface area contributed by atoms with Gasteiger partial charge in [0.05, 0.1) is 13.2 Å². The summed E-state index contributed by atoms with van der Waals surface area (Å²) in [4.78, 5) is 0. The molecule has 0 saturated carbocycles. The molecule has 4 heteroatoms. The third kappa shape index (κ3) is 5.72. The van der Waals surface area contributed by atoms with Gasteiger partial charge in [-0.2, -0.15) is 0 Å². The number of hydrogen-bond donors (Lipinski definition) is 1. The van der Waals surface area contributed by atoms with Crippen LogP contribution in [-0.2, 0) is 11.3 Å². The van der Waals surface area contributed by atoms with Crippen LogP contribution >= 0.6 is 11.6 Å². The minimum Gasteiger partial charge on any atom is -0.379 e. The van der Waals surface area contributed by atoms with Crippen LogP contribution in [-0.4, -0.2) is 25.6 Å². The van der Waals surface area contributed by atoms with E-state index in [0.717, 1.165) is 12.1 Å². The summed E-state index contributed by atoms with van der Waals surface area (Å²) < 4.78 is 18.0. The van der Waals surface area contributed by atoms with Crippen molar-refractivity contribution in [3.05, 3.63) is 35.6 Å². The van der Waals surface area contributed by atoms with Gasteiger partial charge in [0.1, 0.15) is 5.82 Å². The van der Waals surface area contributed by atoms with E-state index in [1.165, 1.54) is 12.1 Å². The number of ether oxygens (including phenoxy) is 1. The van der Waals surface area contributed by atoms with Crippen LogP contribution in [0, 0.1) is 5.82 Å². The van der Waals surface area contributed by atoms with Gasteiger partial charge >= 0.3 is 0 Å². The molecule has 0 radical (unpaired) electrons. The topological polar surface area (TPSA) is 21.3 Å². The van der Waals surface area contributed by atoms with Crippen LogP contribution in [0.5, 0.6) is 0 Å². The zero-order valence-corrected chi connectivity index (χ0v) is 9.27. The van der Waals surface area contributed by atoms with E-state index in [2.05, 4.69) is 5.32 Å². The lowest BCUT2D eigenvalue weighted by Gasteiger charge is -2.05. The molecule has 0 fully saturated rings. The van der Waals surface area contributed by atoms with Crippen LogP contribution in [0.3, 0.4) is 0 Å². The molecule has 0 aliphatic heterocycles. The zero-order valence-electron chi connectivity index (χ0n) is 8.51. The summed E-state index contributed by atoms with van der Waals surface area (Å²) in [5.74, 6) is 0.317. The minimum absolute atomic E-state index is 0.201. The predicted octanol–water partition coefficient (Wildman–Crippen LogP) is 2.17. The molecule has 0 amide bonds. The molecule has 2 nitrogen and oxygen atoms in total. The second-order valence-electron chi connectivity index (χ2n) is 3.11. The Morgan fingerprint density at radius 3 is 2.93 bits per heavy atom. The SMILES string of the molecule is Fc1cccc(CNCCOCCCl)c1. The first-order valence-electron chi connectivity index (χ1n) is 4.92. The quantitative estimate of drug-likeness (QED) is 0.574. The Bertz CT molecular complexity index is 283. The van der Waals surface area contributed by atoms with Gasteiger partial charge in [-0.15, -0.1) is 11.6 Å². The number of benzene rings is 1. The van der Waals surface area contributed by atoms with Crippen molar-refractivity contribution in [3.8, 4) is 0 Å². The summed E-state index contributed by atoms with van der Waals surface area (Å²) >= 11 is 5.44. The van der Waals surface area contributed by atoms with E-state index < -0.39 is 0 Å². The molecule has 0 aliphatic carbocycles.